The highest BCUT2D eigenvalue weighted by molar-refractivity contribution is 5.94. The number of H-pyrrole nitrogens is 1. The van der Waals surface area contributed by atoms with Gasteiger partial charge in [-0.1, -0.05) is 19.1 Å². The van der Waals surface area contributed by atoms with Crippen LogP contribution in [-0.2, 0) is 11.2 Å². The van der Waals surface area contributed by atoms with E-state index in [9.17, 15) is 9.59 Å². The van der Waals surface area contributed by atoms with Gasteiger partial charge >= 0.3 is 0 Å². The summed E-state index contributed by atoms with van der Waals surface area (Å²) in [5, 5.41) is 7.31. The minimum absolute atomic E-state index is 0.0570. The van der Waals surface area contributed by atoms with Crippen molar-refractivity contribution in [2.75, 3.05) is 11.9 Å². The number of nitrogens with one attached hydrogen (secondary N) is 2. The van der Waals surface area contributed by atoms with Gasteiger partial charge in [-0.3, -0.25) is 14.6 Å². The summed E-state index contributed by atoms with van der Waals surface area (Å²) in [4.78, 5) is 32.8. The van der Waals surface area contributed by atoms with E-state index in [0.29, 0.717) is 46.4 Å². The van der Waals surface area contributed by atoms with Gasteiger partial charge in [0.25, 0.3) is 11.5 Å². The lowest BCUT2D eigenvalue weighted by Gasteiger charge is -2.25. The Labute approximate surface area is 188 Å². The maximum absolute atomic E-state index is 13.0. The molecule has 1 aliphatic heterocycles. The lowest BCUT2D eigenvalue weighted by Crippen LogP contribution is -2.40. The van der Waals surface area contributed by atoms with E-state index in [4.69, 9.17) is 13.9 Å². The first-order valence-electron chi connectivity index (χ1n) is 10.5. The third-order valence-electron chi connectivity index (χ3n) is 5.30. The van der Waals surface area contributed by atoms with Gasteiger partial charge in [-0.05, 0) is 37.6 Å². The number of para-hydroxylation sites is 2. The van der Waals surface area contributed by atoms with Gasteiger partial charge in [0.2, 0.25) is 12.1 Å². The Hall–Kier alpha value is -4.34. The predicted molar refractivity (Wildman–Crippen MR) is 119 cm³/mol. The summed E-state index contributed by atoms with van der Waals surface area (Å²) in [6, 6.07) is 12.3. The van der Waals surface area contributed by atoms with Gasteiger partial charge in [-0.2, -0.15) is 9.78 Å². The smallest absolute Gasteiger partial charge is 0.270 e. The topological polar surface area (TPSA) is 124 Å². The molecule has 0 aliphatic carbocycles. The zero-order valence-electron chi connectivity index (χ0n) is 18.0. The van der Waals surface area contributed by atoms with Crippen LogP contribution in [0.25, 0.3) is 17.4 Å². The Kier molecular flexibility index (Phi) is 5.17. The van der Waals surface area contributed by atoms with E-state index in [-0.39, 0.29) is 18.1 Å². The number of aryl methyl sites for hydroxylation is 1. The first-order valence-corrected chi connectivity index (χ1v) is 10.5. The first kappa shape index (κ1) is 20.6. The number of hydrogen-bond acceptors (Lipinski definition) is 7. The van der Waals surface area contributed by atoms with E-state index < -0.39 is 12.0 Å². The Morgan fingerprint density at radius 1 is 1.24 bits per heavy atom. The molecule has 10 heteroatoms. The van der Waals surface area contributed by atoms with Crippen LogP contribution in [0.5, 0.6) is 11.5 Å². The van der Waals surface area contributed by atoms with Crippen molar-refractivity contribution in [3.63, 3.8) is 0 Å². The zero-order chi connectivity index (χ0) is 22.9. The van der Waals surface area contributed by atoms with Crippen molar-refractivity contribution < 1.29 is 18.7 Å². The molecule has 1 unspecified atom stereocenters. The number of benzene rings is 1. The molecular formula is C23H21N5O5. The van der Waals surface area contributed by atoms with Crippen molar-refractivity contribution in [1.82, 2.24) is 19.7 Å². The molecule has 1 aromatic carbocycles. The van der Waals surface area contributed by atoms with Crippen molar-refractivity contribution in [2.45, 2.75) is 26.4 Å². The number of aromatic nitrogens is 4. The fraction of sp³-hybridized carbons (Fsp3) is 0.217. The number of carbonyl (C=O) groups excluding carboxylic acids is 1. The summed E-state index contributed by atoms with van der Waals surface area (Å²) in [5.74, 6) is 1.61. The number of amides is 1. The van der Waals surface area contributed by atoms with Gasteiger partial charge in [-0.15, -0.1) is 0 Å². The number of hydrogen-bond donors (Lipinski definition) is 2. The van der Waals surface area contributed by atoms with Crippen molar-refractivity contribution in [3.05, 3.63) is 70.3 Å². The molecule has 4 aromatic rings. The number of aromatic amines is 1. The molecule has 0 radical (unpaired) electrons. The van der Waals surface area contributed by atoms with Crippen LogP contribution in [0.2, 0.25) is 0 Å². The number of carbonyl (C=O) groups is 1. The third kappa shape index (κ3) is 3.86. The number of nitrogens with zero attached hydrogens (tertiary/aromatic N) is 3. The Balaban J connectivity index is 1.49. The van der Waals surface area contributed by atoms with Crippen molar-refractivity contribution in [3.8, 4) is 28.9 Å². The summed E-state index contributed by atoms with van der Waals surface area (Å²) in [7, 11) is 0. The molecule has 0 saturated heterocycles. The monoisotopic (exact) mass is 447 g/mol. The zero-order valence-corrected chi connectivity index (χ0v) is 18.0. The Bertz CT molecular complexity index is 1370. The van der Waals surface area contributed by atoms with E-state index in [1.807, 2.05) is 13.0 Å². The van der Waals surface area contributed by atoms with Crippen LogP contribution in [0.3, 0.4) is 0 Å². The number of anilines is 1. The Morgan fingerprint density at radius 2 is 2.06 bits per heavy atom. The third-order valence-corrected chi connectivity index (χ3v) is 5.30. The molecule has 10 nitrogen and oxygen atoms in total. The van der Waals surface area contributed by atoms with Gasteiger partial charge in [0.15, 0.2) is 17.3 Å². The van der Waals surface area contributed by atoms with E-state index in [0.717, 1.165) is 0 Å². The summed E-state index contributed by atoms with van der Waals surface area (Å²) in [6.07, 6.45) is 1.21. The van der Waals surface area contributed by atoms with Crippen LogP contribution in [0, 0.1) is 6.92 Å². The molecule has 4 heterocycles. The quantitative estimate of drug-likeness (QED) is 0.482. The van der Waals surface area contributed by atoms with Crippen molar-refractivity contribution in [1.29, 1.82) is 0 Å². The molecule has 1 aliphatic rings. The molecule has 2 N–H and O–H groups in total. The van der Waals surface area contributed by atoms with Crippen LogP contribution in [0.4, 0.5) is 5.82 Å². The second-order valence-electron chi connectivity index (χ2n) is 7.46. The highest BCUT2D eigenvalue weighted by Gasteiger charge is 2.29. The van der Waals surface area contributed by atoms with Crippen LogP contribution in [0.1, 0.15) is 18.2 Å². The van der Waals surface area contributed by atoms with Gasteiger partial charge in [0.05, 0.1) is 6.26 Å². The molecule has 1 atom stereocenters. The van der Waals surface area contributed by atoms with Crippen LogP contribution >= 0.6 is 0 Å². The molecular weight excluding hydrogens is 426 g/mol. The standard InChI is InChI=1S/C23H21N5O5/c1-3-14-13(2)24-23(26-21(14)29)28-20(11-15(27-28)16-9-6-10-31-16)25-22(30)19-12-32-17-7-4-5-8-18(17)33-19/h4-11,19H,3,12H2,1-2H3,(H,25,30)(H,24,26,29). The van der Waals surface area contributed by atoms with E-state index in [1.54, 1.807) is 43.3 Å². The van der Waals surface area contributed by atoms with Gasteiger partial charge in [0, 0.05) is 17.3 Å². The number of ether oxygens (including phenoxy) is 2. The second kappa shape index (κ2) is 8.30. The first-order chi connectivity index (χ1) is 16.0. The molecule has 3 aromatic heterocycles. The molecule has 168 valence electrons. The highest BCUT2D eigenvalue weighted by atomic mass is 16.6. The fourth-order valence-corrected chi connectivity index (χ4v) is 3.64. The molecule has 0 bridgehead atoms. The molecule has 5 rings (SSSR count). The lowest BCUT2D eigenvalue weighted by molar-refractivity contribution is -0.125. The molecule has 0 fully saturated rings. The molecule has 33 heavy (non-hydrogen) atoms. The summed E-state index contributed by atoms with van der Waals surface area (Å²) >= 11 is 0. The number of fused-ring (bicyclic) bond motifs is 1. The minimum Gasteiger partial charge on any atom is -0.485 e. The second-order valence-corrected chi connectivity index (χ2v) is 7.46. The lowest BCUT2D eigenvalue weighted by atomic mass is 10.2. The van der Waals surface area contributed by atoms with Gasteiger partial charge in [0.1, 0.15) is 18.1 Å². The van der Waals surface area contributed by atoms with Crippen molar-refractivity contribution >= 4 is 11.7 Å². The van der Waals surface area contributed by atoms with Crippen LogP contribution < -0.4 is 20.3 Å². The summed E-state index contributed by atoms with van der Waals surface area (Å²) in [5.41, 5.74) is 1.38. The maximum atomic E-state index is 13.0. The SMILES string of the molecule is CCc1c(C)nc(-n2nc(-c3ccco3)cc2NC(=O)C2COc3ccccc3O2)[nH]c1=O. The normalized spacial score (nSPS) is 14.8. The van der Waals surface area contributed by atoms with Gasteiger partial charge < -0.3 is 19.2 Å². The van der Waals surface area contributed by atoms with E-state index in [2.05, 4.69) is 20.4 Å². The molecule has 0 spiro atoms. The average molecular weight is 447 g/mol. The largest absolute Gasteiger partial charge is 0.485 e. The predicted octanol–water partition coefficient (Wildman–Crippen LogP) is 2.86. The Morgan fingerprint density at radius 3 is 2.79 bits per heavy atom. The van der Waals surface area contributed by atoms with E-state index in [1.165, 1.54) is 10.9 Å². The number of furan rings is 1. The minimum atomic E-state index is -0.869. The van der Waals surface area contributed by atoms with E-state index >= 15 is 0 Å². The van der Waals surface area contributed by atoms with Gasteiger partial charge in [-0.25, -0.2) is 4.98 Å². The van der Waals surface area contributed by atoms with Crippen LogP contribution in [-0.4, -0.2) is 38.4 Å². The van der Waals surface area contributed by atoms with Crippen LogP contribution in [0.15, 0.2) is 57.9 Å². The number of rotatable bonds is 5. The molecule has 1 amide bonds. The molecule has 0 saturated carbocycles. The van der Waals surface area contributed by atoms with Crippen molar-refractivity contribution in [2.24, 2.45) is 0 Å². The summed E-state index contributed by atoms with van der Waals surface area (Å²) in [6.45, 7) is 3.71. The average Bonchev–Trinajstić information content (AvgIpc) is 3.49. The summed E-state index contributed by atoms with van der Waals surface area (Å²) < 4.78 is 18.3. The fourth-order valence-electron chi connectivity index (χ4n) is 3.64. The highest BCUT2D eigenvalue weighted by Crippen LogP contribution is 2.31. The maximum Gasteiger partial charge on any atom is 0.270 e.